The second-order valence-electron chi connectivity index (χ2n) is 9.30. The van der Waals surface area contributed by atoms with Gasteiger partial charge in [0.25, 0.3) is 0 Å². The van der Waals surface area contributed by atoms with E-state index in [0.717, 1.165) is 24.1 Å². The summed E-state index contributed by atoms with van der Waals surface area (Å²) in [7, 11) is 3.22. The van der Waals surface area contributed by atoms with Crippen LogP contribution in [0.1, 0.15) is 52.0 Å². The van der Waals surface area contributed by atoms with Crippen LogP contribution < -0.4 is 14.4 Å². The largest absolute Gasteiger partial charge is 0.497 e. The Kier molecular flexibility index (Phi) is 5.56. The van der Waals surface area contributed by atoms with Gasteiger partial charge in [-0.3, -0.25) is 4.90 Å². The molecule has 0 radical (unpaired) electrons. The topological polar surface area (TPSA) is 89.4 Å². The van der Waals surface area contributed by atoms with Crippen molar-refractivity contribution >= 4 is 17.5 Å². The Morgan fingerprint density at radius 3 is 2.53 bits per heavy atom. The minimum atomic E-state index is -0.987. The number of hydrogen-bond acceptors (Lipinski definition) is 5. The number of aryl methyl sites for hydroxylation is 1. The summed E-state index contributed by atoms with van der Waals surface area (Å²) in [6.07, 6.45) is 1.70. The van der Waals surface area contributed by atoms with Gasteiger partial charge in [0.1, 0.15) is 28.6 Å². The van der Waals surface area contributed by atoms with Gasteiger partial charge in [-0.15, -0.1) is 0 Å². The van der Waals surface area contributed by atoms with Crippen molar-refractivity contribution in [2.75, 3.05) is 25.7 Å². The highest BCUT2D eigenvalue weighted by Crippen LogP contribution is 2.44. The number of methoxy groups -OCH3 is 2. The first-order valence-electron chi connectivity index (χ1n) is 11.0. The van der Waals surface area contributed by atoms with Crippen molar-refractivity contribution in [3.63, 3.8) is 0 Å². The Hall–Kier alpha value is -3.16. The van der Waals surface area contributed by atoms with E-state index in [9.17, 15) is 9.90 Å². The average Bonchev–Trinajstić information content (AvgIpc) is 3.39. The molecule has 3 aromatic rings. The zero-order chi connectivity index (χ0) is 23.2. The molecule has 0 aliphatic heterocycles. The molecule has 1 aromatic carbocycles. The molecule has 2 aromatic heterocycles. The Bertz CT molecular complexity index is 1150. The third kappa shape index (κ3) is 3.78. The van der Waals surface area contributed by atoms with E-state index in [1.165, 1.54) is 4.90 Å². The number of oxazole rings is 1. The van der Waals surface area contributed by atoms with Crippen LogP contribution in [0.3, 0.4) is 0 Å². The first-order chi connectivity index (χ1) is 15.2. The highest BCUT2D eigenvalue weighted by atomic mass is 16.5. The molecule has 1 saturated carbocycles. The zero-order valence-corrected chi connectivity index (χ0v) is 19.6. The molecule has 0 atom stereocenters. The summed E-state index contributed by atoms with van der Waals surface area (Å²) in [6.45, 7) is 8.61. The summed E-state index contributed by atoms with van der Waals surface area (Å²) in [4.78, 5) is 13.6. The smallest absolute Gasteiger partial charge is 0.412 e. The summed E-state index contributed by atoms with van der Waals surface area (Å²) >= 11 is 0. The van der Waals surface area contributed by atoms with Crippen LogP contribution in [-0.4, -0.2) is 41.6 Å². The Morgan fingerprint density at radius 1 is 1.28 bits per heavy atom. The lowest BCUT2D eigenvalue weighted by Crippen LogP contribution is -2.31. The zero-order valence-electron chi connectivity index (χ0n) is 19.6. The summed E-state index contributed by atoms with van der Waals surface area (Å²) in [5.74, 6) is 2.41. The minimum absolute atomic E-state index is 0.352. The highest BCUT2D eigenvalue weighted by Gasteiger charge is 2.36. The van der Waals surface area contributed by atoms with Gasteiger partial charge in [0, 0.05) is 23.6 Å². The van der Waals surface area contributed by atoms with Crippen LogP contribution in [0.25, 0.3) is 17.0 Å². The van der Waals surface area contributed by atoms with E-state index in [1.54, 1.807) is 18.7 Å². The SMILES string of the molecule is CCc1nn2c(-c3ccc(OC)cc3OC)c(C(C)(C)C)oc2c1N(CC1CC1)C(=O)O. The Balaban J connectivity index is 2.01. The average molecular weight is 442 g/mol. The van der Waals surface area contributed by atoms with Gasteiger partial charge in [0.2, 0.25) is 5.71 Å². The Morgan fingerprint density at radius 2 is 2.00 bits per heavy atom. The molecule has 0 spiro atoms. The summed E-state index contributed by atoms with van der Waals surface area (Å²) in [6, 6.07) is 5.61. The van der Waals surface area contributed by atoms with Crippen LogP contribution >= 0.6 is 0 Å². The third-order valence-electron chi connectivity index (χ3n) is 5.83. The molecule has 1 amide bonds. The maximum atomic E-state index is 12.2. The number of rotatable bonds is 7. The lowest BCUT2D eigenvalue weighted by Gasteiger charge is -2.19. The number of fused-ring (bicyclic) bond motifs is 1. The van der Waals surface area contributed by atoms with Crippen molar-refractivity contribution in [2.45, 2.75) is 52.4 Å². The number of aromatic nitrogens is 2. The lowest BCUT2D eigenvalue weighted by atomic mass is 9.90. The second kappa shape index (κ2) is 8.07. The molecule has 2 heterocycles. The molecular formula is C24H31N3O5. The molecule has 172 valence electrons. The number of hydrogen-bond donors (Lipinski definition) is 1. The van der Waals surface area contributed by atoms with E-state index in [4.69, 9.17) is 19.0 Å². The van der Waals surface area contributed by atoms with Crippen LogP contribution in [0.4, 0.5) is 10.5 Å². The van der Waals surface area contributed by atoms with Gasteiger partial charge < -0.3 is 19.0 Å². The van der Waals surface area contributed by atoms with Crippen molar-refractivity contribution in [3.05, 3.63) is 29.7 Å². The molecule has 1 aliphatic carbocycles. The van der Waals surface area contributed by atoms with Crippen LogP contribution in [0.2, 0.25) is 0 Å². The van der Waals surface area contributed by atoms with Gasteiger partial charge in [-0.05, 0) is 37.3 Å². The van der Waals surface area contributed by atoms with Crippen molar-refractivity contribution in [1.82, 2.24) is 9.61 Å². The van der Waals surface area contributed by atoms with Crippen LogP contribution in [0.15, 0.2) is 22.6 Å². The van der Waals surface area contributed by atoms with Gasteiger partial charge in [0.15, 0.2) is 0 Å². The lowest BCUT2D eigenvalue weighted by molar-refractivity contribution is 0.201. The molecule has 0 unspecified atom stereocenters. The van der Waals surface area contributed by atoms with E-state index < -0.39 is 6.09 Å². The number of ether oxygens (including phenoxy) is 2. The van der Waals surface area contributed by atoms with E-state index in [2.05, 4.69) is 20.8 Å². The molecule has 1 N–H and O–H groups in total. The van der Waals surface area contributed by atoms with Crippen molar-refractivity contribution in [2.24, 2.45) is 5.92 Å². The number of amides is 1. The Labute approximate surface area is 187 Å². The maximum absolute atomic E-state index is 12.2. The number of carbonyl (C=O) groups is 1. The number of benzene rings is 1. The first-order valence-corrected chi connectivity index (χ1v) is 11.0. The number of carboxylic acid groups (broad SMARTS) is 1. The maximum Gasteiger partial charge on any atom is 0.412 e. The predicted octanol–water partition coefficient (Wildman–Crippen LogP) is 5.37. The van der Waals surface area contributed by atoms with Crippen molar-refractivity contribution in [1.29, 1.82) is 0 Å². The van der Waals surface area contributed by atoms with Crippen molar-refractivity contribution in [3.8, 4) is 22.8 Å². The molecule has 0 bridgehead atoms. The summed E-state index contributed by atoms with van der Waals surface area (Å²) < 4.78 is 19.2. The number of nitrogens with zero attached hydrogens (tertiary/aromatic N) is 3. The molecule has 32 heavy (non-hydrogen) atoms. The van der Waals surface area contributed by atoms with Gasteiger partial charge in [-0.2, -0.15) is 9.61 Å². The van der Waals surface area contributed by atoms with Gasteiger partial charge in [-0.1, -0.05) is 27.7 Å². The monoisotopic (exact) mass is 441 g/mol. The fourth-order valence-corrected chi connectivity index (χ4v) is 3.99. The second-order valence-corrected chi connectivity index (χ2v) is 9.30. The normalized spacial score (nSPS) is 14.1. The standard InChI is InChI=1S/C24H31N3O5/c1-7-17-20(26(23(28)29)13-14-8-9-14)22-27(25-17)19(21(32-22)24(2,3)4)16-11-10-15(30-5)12-18(16)31-6/h10-12,14H,7-9,13H2,1-6H3,(H,28,29). The fourth-order valence-electron chi connectivity index (χ4n) is 3.99. The molecule has 8 heteroatoms. The van der Waals surface area contributed by atoms with E-state index in [-0.39, 0.29) is 5.41 Å². The number of anilines is 1. The van der Waals surface area contributed by atoms with Gasteiger partial charge >= 0.3 is 6.09 Å². The minimum Gasteiger partial charge on any atom is -0.497 e. The van der Waals surface area contributed by atoms with E-state index in [1.807, 2.05) is 25.1 Å². The molecule has 1 aliphatic rings. The summed E-state index contributed by atoms with van der Waals surface area (Å²) in [5, 5.41) is 14.8. The predicted molar refractivity (Wildman–Crippen MR) is 122 cm³/mol. The quantitative estimate of drug-likeness (QED) is 0.530. The van der Waals surface area contributed by atoms with Crippen LogP contribution in [0, 0.1) is 5.92 Å². The third-order valence-corrected chi connectivity index (χ3v) is 5.83. The van der Waals surface area contributed by atoms with Gasteiger partial charge in [-0.25, -0.2) is 4.79 Å². The van der Waals surface area contributed by atoms with Gasteiger partial charge in [0.05, 0.1) is 19.9 Å². The molecule has 8 nitrogen and oxygen atoms in total. The fraction of sp³-hybridized carbons (Fsp3) is 0.500. The van der Waals surface area contributed by atoms with Crippen LogP contribution in [-0.2, 0) is 11.8 Å². The molecular weight excluding hydrogens is 410 g/mol. The van der Waals surface area contributed by atoms with E-state index >= 15 is 0 Å². The molecule has 4 rings (SSSR count). The summed E-state index contributed by atoms with van der Waals surface area (Å²) in [5.41, 5.74) is 2.89. The molecule has 1 fully saturated rings. The van der Waals surface area contributed by atoms with E-state index in [0.29, 0.717) is 53.2 Å². The highest BCUT2D eigenvalue weighted by molar-refractivity contribution is 5.93. The van der Waals surface area contributed by atoms with Crippen LogP contribution in [0.5, 0.6) is 11.5 Å². The van der Waals surface area contributed by atoms with Crippen molar-refractivity contribution < 1.29 is 23.8 Å². The first kappa shape index (κ1) is 22.0. The molecule has 0 saturated heterocycles.